The molecular formula is C16H27N3O. The van der Waals surface area contributed by atoms with Crippen molar-refractivity contribution >= 4 is 5.91 Å². The van der Waals surface area contributed by atoms with Crippen LogP contribution in [0.15, 0.2) is 18.3 Å². The van der Waals surface area contributed by atoms with E-state index < -0.39 is 0 Å². The highest BCUT2D eigenvalue weighted by atomic mass is 16.2. The Bertz CT molecular complexity index is 415. The highest BCUT2D eigenvalue weighted by Gasteiger charge is 2.22. The van der Waals surface area contributed by atoms with E-state index >= 15 is 0 Å². The number of piperidine rings is 1. The van der Waals surface area contributed by atoms with Gasteiger partial charge in [0.25, 0.3) is 5.91 Å². The third kappa shape index (κ3) is 3.42. The van der Waals surface area contributed by atoms with Crippen molar-refractivity contribution < 1.29 is 4.79 Å². The van der Waals surface area contributed by atoms with Crippen LogP contribution < -0.4 is 5.32 Å². The van der Waals surface area contributed by atoms with E-state index in [9.17, 15) is 4.79 Å². The van der Waals surface area contributed by atoms with E-state index in [0.717, 1.165) is 57.6 Å². The van der Waals surface area contributed by atoms with Gasteiger partial charge in [0.1, 0.15) is 5.69 Å². The van der Waals surface area contributed by atoms with Gasteiger partial charge in [0.05, 0.1) is 0 Å². The first-order valence-electron chi connectivity index (χ1n) is 7.94. The van der Waals surface area contributed by atoms with E-state index in [2.05, 4.69) is 29.9 Å². The third-order valence-corrected chi connectivity index (χ3v) is 3.97. The second-order valence-electron chi connectivity index (χ2n) is 5.57. The molecule has 2 heterocycles. The molecule has 1 aliphatic heterocycles. The van der Waals surface area contributed by atoms with Gasteiger partial charge in [0.15, 0.2) is 0 Å². The molecule has 1 amide bonds. The number of nitrogens with zero attached hydrogens (tertiary/aromatic N) is 2. The largest absolute Gasteiger partial charge is 0.340 e. The van der Waals surface area contributed by atoms with E-state index in [-0.39, 0.29) is 5.91 Å². The fraction of sp³-hybridized carbons (Fsp3) is 0.688. The summed E-state index contributed by atoms with van der Waals surface area (Å²) in [7, 11) is 0. The summed E-state index contributed by atoms with van der Waals surface area (Å²) in [6.45, 7) is 8.05. The number of rotatable bonds is 6. The molecule has 0 radical (unpaired) electrons. The Kier molecular flexibility index (Phi) is 5.65. The van der Waals surface area contributed by atoms with E-state index in [4.69, 9.17) is 0 Å². The molecule has 20 heavy (non-hydrogen) atoms. The van der Waals surface area contributed by atoms with Crippen molar-refractivity contribution in [2.45, 2.75) is 45.6 Å². The molecule has 1 fully saturated rings. The fourth-order valence-corrected chi connectivity index (χ4v) is 2.99. The molecule has 0 unspecified atom stereocenters. The molecule has 1 aromatic rings. The van der Waals surface area contributed by atoms with Crippen LogP contribution in [0.1, 0.15) is 56.1 Å². The van der Waals surface area contributed by atoms with Gasteiger partial charge in [-0.25, -0.2) is 0 Å². The fourth-order valence-electron chi connectivity index (χ4n) is 2.99. The predicted octanol–water partition coefficient (Wildman–Crippen LogP) is 2.67. The Morgan fingerprint density at radius 3 is 2.55 bits per heavy atom. The molecule has 0 aliphatic carbocycles. The maximum absolute atomic E-state index is 12.7. The zero-order valence-electron chi connectivity index (χ0n) is 12.8. The molecule has 0 saturated carbocycles. The predicted molar refractivity (Wildman–Crippen MR) is 82.1 cm³/mol. The van der Waals surface area contributed by atoms with Crippen molar-refractivity contribution in [3.05, 3.63) is 24.0 Å². The van der Waals surface area contributed by atoms with Crippen LogP contribution in [0.25, 0.3) is 0 Å². The summed E-state index contributed by atoms with van der Waals surface area (Å²) < 4.78 is 2.20. The number of aromatic nitrogens is 1. The number of hydrogen-bond donors (Lipinski definition) is 1. The lowest BCUT2D eigenvalue weighted by atomic mass is 10.1. The standard InChI is InChI=1S/C16H27N3O/c1-3-11-18(12-4-2)16(20)15-6-5-13-19(15)14-7-9-17-10-8-14/h5-6,13-14,17H,3-4,7-12H2,1-2H3. The lowest BCUT2D eigenvalue weighted by molar-refractivity contribution is 0.0741. The molecule has 4 nitrogen and oxygen atoms in total. The Morgan fingerprint density at radius 1 is 1.30 bits per heavy atom. The Morgan fingerprint density at radius 2 is 1.95 bits per heavy atom. The van der Waals surface area contributed by atoms with Crippen LogP contribution in [-0.2, 0) is 0 Å². The SMILES string of the molecule is CCCN(CCC)C(=O)c1cccn1C1CCNCC1. The van der Waals surface area contributed by atoms with Gasteiger partial charge in [-0.15, -0.1) is 0 Å². The van der Waals surface area contributed by atoms with Gasteiger partial charge in [-0.3, -0.25) is 4.79 Å². The van der Waals surface area contributed by atoms with Gasteiger partial charge in [-0.1, -0.05) is 13.8 Å². The molecule has 0 aromatic carbocycles. The molecule has 0 bridgehead atoms. The minimum absolute atomic E-state index is 0.192. The van der Waals surface area contributed by atoms with Crippen molar-refractivity contribution in [3.8, 4) is 0 Å². The first kappa shape index (κ1) is 15.1. The maximum Gasteiger partial charge on any atom is 0.270 e. The summed E-state index contributed by atoms with van der Waals surface area (Å²) in [6, 6.07) is 4.45. The zero-order valence-corrected chi connectivity index (χ0v) is 12.8. The smallest absolute Gasteiger partial charge is 0.270 e. The van der Waals surface area contributed by atoms with Gasteiger partial charge < -0.3 is 14.8 Å². The molecule has 0 spiro atoms. The minimum Gasteiger partial charge on any atom is -0.340 e. The van der Waals surface area contributed by atoms with Crippen LogP contribution in [0.2, 0.25) is 0 Å². The molecule has 4 heteroatoms. The molecule has 1 aliphatic rings. The van der Waals surface area contributed by atoms with Crippen molar-refractivity contribution in [1.29, 1.82) is 0 Å². The highest BCUT2D eigenvalue weighted by molar-refractivity contribution is 5.92. The second kappa shape index (κ2) is 7.48. The van der Waals surface area contributed by atoms with E-state index in [1.165, 1.54) is 0 Å². The zero-order chi connectivity index (χ0) is 14.4. The summed E-state index contributed by atoms with van der Waals surface area (Å²) in [5.41, 5.74) is 0.860. The Hall–Kier alpha value is -1.29. The monoisotopic (exact) mass is 277 g/mol. The number of amides is 1. The molecule has 112 valence electrons. The van der Waals surface area contributed by atoms with Gasteiger partial charge in [-0.2, -0.15) is 0 Å². The first-order chi connectivity index (χ1) is 9.77. The van der Waals surface area contributed by atoms with Crippen LogP contribution >= 0.6 is 0 Å². The average Bonchev–Trinajstić information content (AvgIpc) is 2.96. The van der Waals surface area contributed by atoms with Crippen molar-refractivity contribution in [1.82, 2.24) is 14.8 Å². The lowest BCUT2D eigenvalue weighted by Gasteiger charge is -2.28. The summed E-state index contributed by atoms with van der Waals surface area (Å²) >= 11 is 0. The van der Waals surface area contributed by atoms with Crippen LogP contribution in [-0.4, -0.2) is 41.6 Å². The van der Waals surface area contributed by atoms with Crippen LogP contribution in [0, 0.1) is 0 Å². The molecule has 1 aromatic heterocycles. The summed E-state index contributed by atoms with van der Waals surface area (Å²) in [5, 5.41) is 3.38. The van der Waals surface area contributed by atoms with E-state index in [1.54, 1.807) is 0 Å². The minimum atomic E-state index is 0.192. The van der Waals surface area contributed by atoms with Gasteiger partial charge >= 0.3 is 0 Å². The summed E-state index contributed by atoms with van der Waals surface area (Å²) in [5.74, 6) is 0.192. The van der Waals surface area contributed by atoms with Crippen LogP contribution in [0.5, 0.6) is 0 Å². The van der Waals surface area contributed by atoms with E-state index in [0.29, 0.717) is 6.04 Å². The van der Waals surface area contributed by atoms with Gasteiger partial charge in [0.2, 0.25) is 0 Å². The topological polar surface area (TPSA) is 37.3 Å². The van der Waals surface area contributed by atoms with E-state index in [1.807, 2.05) is 17.0 Å². The highest BCUT2D eigenvalue weighted by Crippen LogP contribution is 2.22. The Balaban J connectivity index is 2.14. The molecule has 1 saturated heterocycles. The van der Waals surface area contributed by atoms with Gasteiger partial charge in [0, 0.05) is 25.3 Å². The number of carbonyl (C=O) groups is 1. The molecular weight excluding hydrogens is 250 g/mol. The van der Waals surface area contributed by atoms with Crippen molar-refractivity contribution in [2.24, 2.45) is 0 Å². The average molecular weight is 277 g/mol. The lowest BCUT2D eigenvalue weighted by Crippen LogP contribution is -2.36. The van der Waals surface area contributed by atoms with Gasteiger partial charge in [-0.05, 0) is 50.9 Å². The first-order valence-corrected chi connectivity index (χ1v) is 7.94. The third-order valence-electron chi connectivity index (χ3n) is 3.97. The van der Waals surface area contributed by atoms with Crippen LogP contribution in [0.4, 0.5) is 0 Å². The van der Waals surface area contributed by atoms with Crippen LogP contribution in [0.3, 0.4) is 0 Å². The quantitative estimate of drug-likeness (QED) is 0.868. The summed E-state index contributed by atoms with van der Waals surface area (Å²) in [6.07, 6.45) is 6.31. The number of carbonyl (C=O) groups excluding carboxylic acids is 1. The summed E-state index contributed by atoms with van der Waals surface area (Å²) in [4.78, 5) is 14.7. The Labute approximate surface area is 122 Å². The molecule has 0 atom stereocenters. The number of nitrogens with one attached hydrogen (secondary N) is 1. The maximum atomic E-state index is 12.7. The number of hydrogen-bond acceptors (Lipinski definition) is 2. The van der Waals surface area contributed by atoms with Crippen molar-refractivity contribution in [2.75, 3.05) is 26.2 Å². The van der Waals surface area contributed by atoms with Crippen molar-refractivity contribution in [3.63, 3.8) is 0 Å². The molecule has 2 rings (SSSR count). The second-order valence-corrected chi connectivity index (χ2v) is 5.57. The molecule has 1 N–H and O–H groups in total. The normalized spacial score (nSPS) is 16.3.